The number of hydrogen-bond acceptors (Lipinski definition) is 5. The summed E-state index contributed by atoms with van der Waals surface area (Å²) in [5.41, 5.74) is 0.984. The van der Waals surface area contributed by atoms with Crippen LogP contribution in [0.25, 0.3) is 10.8 Å². The predicted octanol–water partition coefficient (Wildman–Crippen LogP) is 3.48. The van der Waals surface area contributed by atoms with E-state index in [4.69, 9.17) is 16.3 Å². The van der Waals surface area contributed by atoms with Gasteiger partial charge < -0.3 is 20.3 Å². The summed E-state index contributed by atoms with van der Waals surface area (Å²) in [6.07, 6.45) is 2.39. The molecular weight excluding hydrogens is 430 g/mol. The Kier molecular flexibility index (Phi) is 6.92. The fourth-order valence-electron chi connectivity index (χ4n) is 3.94. The lowest BCUT2D eigenvalue weighted by Gasteiger charge is -2.16. The zero-order chi connectivity index (χ0) is 22.5. The molecule has 1 saturated heterocycles. The third-order valence-electron chi connectivity index (χ3n) is 5.60. The molecule has 9 heteroatoms. The van der Waals surface area contributed by atoms with E-state index in [1.54, 1.807) is 24.3 Å². The lowest BCUT2D eigenvalue weighted by Crippen LogP contribution is -2.33. The SMILES string of the molecule is COc1ccc(Cl)cc1NC(=O)NCc1nn(CCN2CCCC2)c(=O)c2ccccc12. The molecule has 3 aromatic rings. The van der Waals surface area contributed by atoms with Gasteiger partial charge in [0.05, 0.1) is 37.0 Å². The molecule has 1 aliphatic heterocycles. The van der Waals surface area contributed by atoms with Gasteiger partial charge in [-0.25, -0.2) is 9.48 Å². The molecule has 1 aliphatic rings. The van der Waals surface area contributed by atoms with Crippen molar-refractivity contribution in [3.8, 4) is 5.75 Å². The van der Waals surface area contributed by atoms with Gasteiger partial charge in [-0.05, 0) is 50.2 Å². The highest BCUT2D eigenvalue weighted by atomic mass is 35.5. The summed E-state index contributed by atoms with van der Waals surface area (Å²) in [7, 11) is 1.52. The number of hydrogen-bond donors (Lipinski definition) is 2. The minimum atomic E-state index is -0.425. The molecule has 0 spiro atoms. The number of methoxy groups -OCH3 is 1. The molecule has 1 fully saturated rings. The zero-order valence-corrected chi connectivity index (χ0v) is 18.7. The van der Waals surface area contributed by atoms with Crippen molar-refractivity contribution in [3.63, 3.8) is 0 Å². The van der Waals surface area contributed by atoms with Gasteiger partial charge in [-0.2, -0.15) is 5.10 Å². The molecule has 2 N–H and O–H groups in total. The number of ether oxygens (including phenoxy) is 1. The van der Waals surface area contributed by atoms with Crippen LogP contribution in [0.4, 0.5) is 10.5 Å². The summed E-state index contributed by atoms with van der Waals surface area (Å²) < 4.78 is 6.77. The molecule has 0 saturated carbocycles. The van der Waals surface area contributed by atoms with Crippen LogP contribution in [-0.4, -0.2) is 47.5 Å². The van der Waals surface area contributed by atoms with Gasteiger partial charge in [-0.1, -0.05) is 29.8 Å². The van der Waals surface area contributed by atoms with Crippen molar-refractivity contribution in [3.05, 3.63) is 63.5 Å². The second kappa shape index (κ2) is 10.0. The molecule has 0 bridgehead atoms. The smallest absolute Gasteiger partial charge is 0.319 e. The van der Waals surface area contributed by atoms with E-state index in [0.29, 0.717) is 34.1 Å². The van der Waals surface area contributed by atoms with Crippen molar-refractivity contribution < 1.29 is 9.53 Å². The average Bonchev–Trinajstić information content (AvgIpc) is 3.32. The maximum atomic E-state index is 12.9. The highest BCUT2D eigenvalue weighted by molar-refractivity contribution is 6.31. The second-order valence-electron chi connectivity index (χ2n) is 7.72. The molecule has 2 heterocycles. The standard InChI is InChI=1S/C23H26ClN5O3/c1-32-21-9-8-16(24)14-19(21)26-23(31)25-15-20-17-6-2-3-7-18(17)22(30)29(27-20)13-12-28-10-4-5-11-28/h2-3,6-9,14H,4-5,10-13,15H2,1H3,(H2,25,26,31). The molecule has 8 nitrogen and oxygen atoms in total. The van der Waals surface area contributed by atoms with Crippen LogP contribution in [-0.2, 0) is 13.1 Å². The van der Waals surface area contributed by atoms with Crippen LogP contribution in [0.15, 0.2) is 47.3 Å². The Morgan fingerprint density at radius 1 is 1.12 bits per heavy atom. The van der Waals surface area contributed by atoms with Crippen LogP contribution in [0.3, 0.4) is 0 Å². The first-order valence-electron chi connectivity index (χ1n) is 10.6. The van der Waals surface area contributed by atoms with Gasteiger partial charge in [0.25, 0.3) is 5.56 Å². The maximum absolute atomic E-state index is 12.9. The van der Waals surface area contributed by atoms with Crippen LogP contribution < -0.4 is 20.9 Å². The van der Waals surface area contributed by atoms with E-state index < -0.39 is 6.03 Å². The Morgan fingerprint density at radius 2 is 1.88 bits per heavy atom. The molecule has 1 aromatic heterocycles. The van der Waals surface area contributed by atoms with Crippen LogP contribution in [0.5, 0.6) is 5.75 Å². The zero-order valence-electron chi connectivity index (χ0n) is 17.9. The molecule has 0 radical (unpaired) electrons. The second-order valence-corrected chi connectivity index (χ2v) is 8.16. The number of carbonyl (C=O) groups excluding carboxylic acids is 1. The lowest BCUT2D eigenvalue weighted by atomic mass is 10.1. The van der Waals surface area contributed by atoms with Crippen molar-refractivity contribution in [1.29, 1.82) is 0 Å². The van der Waals surface area contributed by atoms with Gasteiger partial charge in [0.15, 0.2) is 0 Å². The first-order chi connectivity index (χ1) is 15.5. The Morgan fingerprint density at radius 3 is 2.62 bits per heavy atom. The van der Waals surface area contributed by atoms with Crippen LogP contribution in [0, 0.1) is 0 Å². The van der Waals surface area contributed by atoms with Gasteiger partial charge in [-0.15, -0.1) is 0 Å². The largest absolute Gasteiger partial charge is 0.495 e. The normalized spacial score (nSPS) is 13.9. The van der Waals surface area contributed by atoms with Crippen LogP contribution >= 0.6 is 11.6 Å². The third-order valence-corrected chi connectivity index (χ3v) is 5.83. The van der Waals surface area contributed by atoms with E-state index in [-0.39, 0.29) is 12.1 Å². The maximum Gasteiger partial charge on any atom is 0.319 e. The van der Waals surface area contributed by atoms with Crippen molar-refractivity contribution >= 4 is 34.1 Å². The van der Waals surface area contributed by atoms with E-state index in [0.717, 1.165) is 25.0 Å². The number of likely N-dealkylation sites (tertiary alicyclic amines) is 1. The molecule has 4 rings (SSSR count). The number of fused-ring (bicyclic) bond motifs is 1. The van der Waals surface area contributed by atoms with Gasteiger partial charge in [-0.3, -0.25) is 4.79 Å². The van der Waals surface area contributed by atoms with Crippen molar-refractivity contribution in [2.45, 2.75) is 25.9 Å². The number of rotatable bonds is 7. The van der Waals surface area contributed by atoms with Crippen LogP contribution in [0.2, 0.25) is 5.02 Å². The molecule has 2 amide bonds. The highest BCUT2D eigenvalue weighted by Crippen LogP contribution is 2.27. The highest BCUT2D eigenvalue weighted by Gasteiger charge is 2.15. The van der Waals surface area contributed by atoms with Crippen LogP contribution in [0.1, 0.15) is 18.5 Å². The summed E-state index contributed by atoms with van der Waals surface area (Å²) in [5, 5.41) is 12.0. The number of anilines is 1. The van der Waals surface area contributed by atoms with E-state index in [9.17, 15) is 9.59 Å². The number of amides is 2. The first kappa shape index (κ1) is 22.1. The lowest BCUT2D eigenvalue weighted by molar-refractivity contribution is 0.251. The van der Waals surface area contributed by atoms with Crippen molar-refractivity contribution in [1.82, 2.24) is 20.0 Å². The van der Waals surface area contributed by atoms with E-state index in [1.165, 1.54) is 24.6 Å². The molecule has 2 aromatic carbocycles. The van der Waals surface area contributed by atoms with Gasteiger partial charge in [0.2, 0.25) is 0 Å². The van der Waals surface area contributed by atoms with E-state index >= 15 is 0 Å². The minimum absolute atomic E-state index is 0.114. The number of nitrogens with zero attached hydrogens (tertiary/aromatic N) is 3. The van der Waals surface area contributed by atoms with Gasteiger partial charge in [0, 0.05) is 17.0 Å². The monoisotopic (exact) mass is 455 g/mol. The number of nitrogens with one attached hydrogen (secondary N) is 2. The number of urea groups is 1. The number of aromatic nitrogens is 2. The molecule has 168 valence electrons. The first-order valence-corrected chi connectivity index (χ1v) is 11.0. The quantitative estimate of drug-likeness (QED) is 0.569. The summed E-state index contributed by atoms with van der Waals surface area (Å²) >= 11 is 6.03. The van der Waals surface area contributed by atoms with E-state index in [2.05, 4.69) is 20.6 Å². The fraction of sp³-hybridized carbons (Fsp3) is 0.348. The predicted molar refractivity (Wildman–Crippen MR) is 126 cm³/mol. The van der Waals surface area contributed by atoms with Gasteiger partial charge >= 0.3 is 6.03 Å². The molecule has 32 heavy (non-hydrogen) atoms. The minimum Gasteiger partial charge on any atom is -0.495 e. The Hall–Kier alpha value is -3.10. The summed E-state index contributed by atoms with van der Waals surface area (Å²) in [6, 6.07) is 11.9. The van der Waals surface area contributed by atoms with E-state index in [1.807, 2.05) is 18.2 Å². The number of carbonyl (C=O) groups is 1. The molecular formula is C23H26ClN5O3. The topological polar surface area (TPSA) is 88.5 Å². The Balaban J connectivity index is 1.51. The molecule has 0 unspecified atom stereocenters. The summed E-state index contributed by atoms with van der Waals surface area (Å²) in [6.45, 7) is 3.59. The Labute approximate surface area is 191 Å². The van der Waals surface area contributed by atoms with Gasteiger partial charge in [0.1, 0.15) is 5.75 Å². The third kappa shape index (κ3) is 5.03. The summed E-state index contributed by atoms with van der Waals surface area (Å²) in [4.78, 5) is 27.8. The number of halogens is 1. The summed E-state index contributed by atoms with van der Waals surface area (Å²) in [5.74, 6) is 0.503. The van der Waals surface area contributed by atoms with Crippen molar-refractivity contribution in [2.75, 3.05) is 32.1 Å². The molecule has 0 atom stereocenters. The average molecular weight is 456 g/mol. The fourth-order valence-corrected chi connectivity index (χ4v) is 4.11. The van der Waals surface area contributed by atoms with Crippen molar-refractivity contribution in [2.24, 2.45) is 0 Å². The molecule has 0 aliphatic carbocycles. The Bertz CT molecular complexity index is 1170. The number of benzene rings is 2.